The lowest BCUT2D eigenvalue weighted by molar-refractivity contribution is 0.0702. The van der Waals surface area contributed by atoms with Crippen molar-refractivity contribution in [1.82, 2.24) is 0 Å². The molecule has 0 aliphatic carbocycles. The molecule has 1 aromatic heterocycles. The first-order chi connectivity index (χ1) is 5.11. The van der Waals surface area contributed by atoms with Gasteiger partial charge in [0.1, 0.15) is 4.88 Å². The van der Waals surface area contributed by atoms with Gasteiger partial charge in [-0.2, -0.15) is 0 Å². The number of carboxylic acid groups (broad SMARTS) is 1. The monoisotopic (exact) mass is 192 g/mol. The summed E-state index contributed by atoms with van der Waals surface area (Å²) in [5.41, 5.74) is 0. The summed E-state index contributed by atoms with van der Waals surface area (Å²) in [6, 6.07) is 1.18. The molecular formula is C5H4O4S2. The molecule has 0 aromatic carbocycles. The van der Waals surface area contributed by atoms with Crippen LogP contribution in [0.15, 0.2) is 16.3 Å². The zero-order valence-corrected chi connectivity index (χ0v) is 6.82. The number of hydrogen-bond donors (Lipinski definition) is 2. The first-order valence-electron chi connectivity index (χ1n) is 2.54. The summed E-state index contributed by atoms with van der Waals surface area (Å²) in [6.45, 7) is 0. The summed E-state index contributed by atoms with van der Waals surface area (Å²) in [5.74, 6) is -1.08. The lowest BCUT2D eigenvalue weighted by atomic mass is 10.5. The van der Waals surface area contributed by atoms with E-state index in [1.54, 1.807) is 0 Å². The molecule has 1 rings (SSSR count). The number of hydrogen-bond acceptors (Lipinski definition) is 3. The number of aromatic carboxylic acids is 1. The molecule has 6 heteroatoms. The maximum absolute atomic E-state index is 10.4. The summed E-state index contributed by atoms with van der Waals surface area (Å²) < 4.78 is 18.9. The maximum atomic E-state index is 10.4. The Hall–Kier alpha value is -0.720. The second kappa shape index (κ2) is 3.12. The predicted octanol–water partition coefficient (Wildman–Crippen LogP) is 1.03. The van der Waals surface area contributed by atoms with Gasteiger partial charge >= 0.3 is 5.97 Å². The van der Waals surface area contributed by atoms with Crippen molar-refractivity contribution in [3.8, 4) is 0 Å². The highest BCUT2D eigenvalue weighted by Crippen LogP contribution is 2.16. The van der Waals surface area contributed by atoms with Crippen LogP contribution in [0, 0.1) is 0 Å². The normalized spacial score (nSPS) is 12.8. The van der Waals surface area contributed by atoms with E-state index in [4.69, 9.17) is 9.66 Å². The largest absolute Gasteiger partial charge is 0.477 e. The van der Waals surface area contributed by atoms with E-state index in [2.05, 4.69) is 0 Å². The highest BCUT2D eigenvalue weighted by atomic mass is 32.2. The molecule has 0 saturated carbocycles. The van der Waals surface area contributed by atoms with Crippen LogP contribution in [0.5, 0.6) is 0 Å². The predicted molar refractivity (Wildman–Crippen MR) is 40.3 cm³/mol. The summed E-state index contributed by atoms with van der Waals surface area (Å²) in [4.78, 5) is 10.5. The summed E-state index contributed by atoms with van der Waals surface area (Å²) >= 11 is -1.14. The Morgan fingerprint density at radius 3 is 2.55 bits per heavy atom. The van der Waals surface area contributed by atoms with Gasteiger partial charge in [-0.25, -0.2) is 9.00 Å². The van der Waals surface area contributed by atoms with Gasteiger partial charge in [0.2, 0.25) is 0 Å². The van der Waals surface area contributed by atoms with Crippen LogP contribution in [0.1, 0.15) is 9.67 Å². The fourth-order valence-electron chi connectivity index (χ4n) is 0.523. The first kappa shape index (κ1) is 8.38. The van der Waals surface area contributed by atoms with E-state index in [9.17, 15) is 9.00 Å². The smallest absolute Gasteiger partial charge is 0.345 e. The van der Waals surface area contributed by atoms with Crippen molar-refractivity contribution in [3.63, 3.8) is 0 Å². The Balaban J connectivity index is 2.99. The Bertz CT molecular complexity index is 275. The van der Waals surface area contributed by atoms with Crippen LogP contribution in [0.2, 0.25) is 0 Å². The molecule has 1 atom stereocenters. The first-order valence-corrected chi connectivity index (χ1v) is 4.52. The molecule has 4 nitrogen and oxygen atoms in total. The minimum Gasteiger partial charge on any atom is -0.477 e. The van der Waals surface area contributed by atoms with Gasteiger partial charge in [-0.15, -0.1) is 11.3 Å². The lowest BCUT2D eigenvalue weighted by Gasteiger charge is -1.83. The molecular weight excluding hydrogens is 188 g/mol. The molecule has 1 heterocycles. The molecule has 0 fully saturated rings. The highest BCUT2D eigenvalue weighted by molar-refractivity contribution is 7.79. The minimum atomic E-state index is -2.08. The molecule has 60 valence electrons. The number of carbonyl (C=O) groups is 1. The Morgan fingerprint density at radius 2 is 2.27 bits per heavy atom. The van der Waals surface area contributed by atoms with Gasteiger partial charge in [0.25, 0.3) is 0 Å². The molecule has 0 saturated heterocycles. The van der Waals surface area contributed by atoms with Gasteiger partial charge in [-0.05, 0) is 6.07 Å². The second-order valence-corrected chi connectivity index (χ2v) is 3.58. The number of thiophene rings is 1. The van der Waals surface area contributed by atoms with Gasteiger partial charge < -0.3 is 9.66 Å². The number of rotatable bonds is 2. The molecule has 11 heavy (non-hydrogen) atoms. The van der Waals surface area contributed by atoms with E-state index >= 15 is 0 Å². The highest BCUT2D eigenvalue weighted by Gasteiger charge is 2.09. The summed E-state index contributed by atoms with van der Waals surface area (Å²) in [7, 11) is 0. The Kier molecular flexibility index (Phi) is 2.38. The van der Waals surface area contributed by atoms with Crippen molar-refractivity contribution in [2.45, 2.75) is 4.90 Å². The van der Waals surface area contributed by atoms with Crippen LogP contribution in [0.4, 0.5) is 0 Å². The molecule has 2 N–H and O–H groups in total. The third kappa shape index (κ3) is 1.86. The van der Waals surface area contributed by atoms with Crippen molar-refractivity contribution in [2.24, 2.45) is 0 Å². The topological polar surface area (TPSA) is 74.6 Å². The number of carboxylic acids is 1. The molecule has 1 aromatic rings. The molecule has 0 spiro atoms. The van der Waals surface area contributed by atoms with Crippen molar-refractivity contribution >= 4 is 28.4 Å². The molecule has 0 radical (unpaired) electrons. The van der Waals surface area contributed by atoms with E-state index in [1.165, 1.54) is 11.4 Å². The van der Waals surface area contributed by atoms with Crippen molar-refractivity contribution in [2.75, 3.05) is 0 Å². The van der Waals surface area contributed by atoms with Crippen molar-refractivity contribution < 1.29 is 18.7 Å². The third-order valence-corrected chi connectivity index (χ3v) is 2.69. The van der Waals surface area contributed by atoms with E-state index < -0.39 is 17.0 Å². The quantitative estimate of drug-likeness (QED) is 0.686. The second-order valence-electron chi connectivity index (χ2n) is 1.70. The third-order valence-electron chi connectivity index (χ3n) is 0.988. The van der Waals surface area contributed by atoms with Gasteiger partial charge in [-0.3, -0.25) is 0 Å². The van der Waals surface area contributed by atoms with Crippen LogP contribution < -0.4 is 0 Å². The van der Waals surface area contributed by atoms with Crippen LogP contribution in [0.25, 0.3) is 0 Å². The zero-order chi connectivity index (χ0) is 8.43. The van der Waals surface area contributed by atoms with Crippen molar-refractivity contribution in [3.05, 3.63) is 16.3 Å². The Labute approximate surface area is 68.8 Å². The van der Waals surface area contributed by atoms with Crippen LogP contribution in [0.3, 0.4) is 0 Å². The van der Waals surface area contributed by atoms with Crippen LogP contribution in [-0.2, 0) is 11.1 Å². The van der Waals surface area contributed by atoms with Gasteiger partial charge in [0.15, 0.2) is 11.1 Å². The molecule has 0 aliphatic rings. The molecule has 1 unspecified atom stereocenters. The van der Waals surface area contributed by atoms with E-state index in [0.717, 1.165) is 11.3 Å². The fourth-order valence-corrected chi connectivity index (χ4v) is 1.90. The summed E-state index contributed by atoms with van der Waals surface area (Å²) in [5, 5.41) is 9.76. The van der Waals surface area contributed by atoms with Crippen molar-refractivity contribution in [1.29, 1.82) is 0 Å². The molecule has 0 aliphatic heterocycles. The van der Waals surface area contributed by atoms with Crippen LogP contribution in [-0.4, -0.2) is 19.8 Å². The van der Waals surface area contributed by atoms with Gasteiger partial charge in [0.05, 0.1) is 4.90 Å². The SMILES string of the molecule is O=C(O)c1cc(S(=O)O)cs1. The molecule has 0 amide bonds. The van der Waals surface area contributed by atoms with E-state index in [0.29, 0.717) is 0 Å². The van der Waals surface area contributed by atoms with Gasteiger partial charge in [0, 0.05) is 5.38 Å². The average Bonchev–Trinajstić information content (AvgIpc) is 2.33. The van der Waals surface area contributed by atoms with E-state index in [1.807, 2.05) is 0 Å². The fraction of sp³-hybridized carbons (Fsp3) is 0. The van der Waals surface area contributed by atoms with Crippen LogP contribution >= 0.6 is 11.3 Å². The van der Waals surface area contributed by atoms with Gasteiger partial charge in [-0.1, -0.05) is 0 Å². The lowest BCUT2D eigenvalue weighted by Crippen LogP contribution is -1.91. The average molecular weight is 192 g/mol. The Morgan fingerprint density at radius 1 is 1.64 bits per heavy atom. The standard InChI is InChI=1S/C5H4O4S2/c6-5(7)4-1-3(2-10-4)11(8)9/h1-2H,(H,6,7)(H,8,9). The molecule has 0 bridgehead atoms. The summed E-state index contributed by atoms with van der Waals surface area (Å²) in [6.07, 6.45) is 0. The zero-order valence-electron chi connectivity index (χ0n) is 5.18. The van der Waals surface area contributed by atoms with E-state index in [-0.39, 0.29) is 9.77 Å². The maximum Gasteiger partial charge on any atom is 0.345 e. The minimum absolute atomic E-state index is 0.0717.